The van der Waals surface area contributed by atoms with Crippen molar-refractivity contribution in [3.05, 3.63) is 42.0 Å². The summed E-state index contributed by atoms with van der Waals surface area (Å²) in [4.78, 5) is 37.1. The Kier molecular flexibility index (Phi) is 2.89. The number of amides is 2. The van der Waals surface area contributed by atoms with E-state index in [-0.39, 0.29) is 34.9 Å². The molecule has 5 heteroatoms. The number of hydrogen-bond acceptors (Lipinski definition) is 3. The summed E-state index contributed by atoms with van der Waals surface area (Å²) in [5.74, 6) is -2.44. The van der Waals surface area contributed by atoms with Crippen LogP contribution in [0, 0.1) is 11.8 Å². The van der Waals surface area contributed by atoms with Crippen molar-refractivity contribution < 1.29 is 19.5 Å². The Balaban J connectivity index is 2.06. The van der Waals surface area contributed by atoms with E-state index in [1.165, 1.54) is 12.1 Å². The van der Waals surface area contributed by atoms with Gasteiger partial charge in [-0.3, -0.25) is 9.59 Å². The highest BCUT2D eigenvalue weighted by atomic mass is 16.4. The minimum absolute atomic E-state index is 0.0270. The van der Waals surface area contributed by atoms with Crippen molar-refractivity contribution in [3.63, 3.8) is 0 Å². The summed E-state index contributed by atoms with van der Waals surface area (Å²) >= 11 is 0. The highest BCUT2D eigenvalue weighted by molar-refractivity contribution is 6.23. The molecule has 1 aromatic carbocycles. The maximum atomic E-state index is 12.4. The lowest BCUT2D eigenvalue weighted by atomic mass is 9.85. The molecule has 1 aliphatic heterocycles. The van der Waals surface area contributed by atoms with Crippen molar-refractivity contribution in [3.8, 4) is 0 Å². The van der Waals surface area contributed by atoms with Crippen LogP contribution in [0.25, 0.3) is 0 Å². The van der Waals surface area contributed by atoms with E-state index in [0.29, 0.717) is 12.8 Å². The third-order valence-corrected chi connectivity index (χ3v) is 3.88. The number of carboxylic acids is 1. The average Bonchev–Trinajstić information content (AvgIpc) is 2.71. The lowest BCUT2D eigenvalue weighted by molar-refractivity contribution is -0.122. The first kappa shape index (κ1) is 12.6. The Morgan fingerprint density at radius 3 is 2.15 bits per heavy atom. The van der Waals surface area contributed by atoms with E-state index in [0.717, 1.165) is 4.90 Å². The predicted molar refractivity (Wildman–Crippen MR) is 71.2 cm³/mol. The molecular formula is C15H13NO4. The number of rotatable bonds is 2. The monoisotopic (exact) mass is 271 g/mol. The van der Waals surface area contributed by atoms with Crippen LogP contribution < -0.4 is 4.90 Å². The summed E-state index contributed by atoms with van der Waals surface area (Å²) in [7, 11) is 0. The van der Waals surface area contributed by atoms with Crippen LogP contribution in [0.1, 0.15) is 23.2 Å². The predicted octanol–water partition coefficient (Wildman–Crippen LogP) is 1.84. The number of carboxylic acid groups (broad SMARTS) is 1. The number of aromatic carboxylic acids is 1. The third-order valence-electron chi connectivity index (χ3n) is 3.88. The minimum atomic E-state index is -1.14. The molecule has 0 bridgehead atoms. The molecule has 0 unspecified atom stereocenters. The lowest BCUT2D eigenvalue weighted by Gasteiger charge is -2.16. The molecule has 2 atom stereocenters. The fourth-order valence-corrected chi connectivity index (χ4v) is 2.89. The van der Waals surface area contributed by atoms with Crippen LogP contribution in [0.4, 0.5) is 5.69 Å². The van der Waals surface area contributed by atoms with Crippen LogP contribution in [0.5, 0.6) is 0 Å². The molecule has 1 aliphatic carbocycles. The molecule has 0 spiro atoms. The molecular weight excluding hydrogens is 258 g/mol. The second-order valence-electron chi connectivity index (χ2n) is 4.99. The van der Waals surface area contributed by atoms with E-state index < -0.39 is 5.97 Å². The van der Waals surface area contributed by atoms with Gasteiger partial charge in [0.2, 0.25) is 11.8 Å². The van der Waals surface area contributed by atoms with Gasteiger partial charge >= 0.3 is 5.97 Å². The summed E-state index contributed by atoms with van der Waals surface area (Å²) in [6, 6.07) is 6.11. The first-order valence-electron chi connectivity index (χ1n) is 6.46. The van der Waals surface area contributed by atoms with Crippen molar-refractivity contribution in [1.29, 1.82) is 0 Å². The van der Waals surface area contributed by atoms with Gasteiger partial charge in [-0.05, 0) is 25.0 Å². The zero-order valence-electron chi connectivity index (χ0n) is 10.7. The normalized spacial score (nSPS) is 24.9. The Morgan fingerprint density at radius 1 is 1.05 bits per heavy atom. The Morgan fingerprint density at radius 2 is 1.60 bits per heavy atom. The summed E-state index contributed by atoms with van der Waals surface area (Å²) in [6.07, 6.45) is 4.89. The van der Waals surface area contributed by atoms with Gasteiger partial charge in [-0.1, -0.05) is 24.3 Å². The molecule has 0 saturated carbocycles. The van der Waals surface area contributed by atoms with Crippen LogP contribution in [-0.4, -0.2) is 22.9 Å². The fourth-order valence-electron chi connectivity index (χ4n) is 2.89. The number of fused-ring (bicyclic) bond motifs is 1. The number of benzene rings is 1. The molecule has 102 valence electrons. The van der Waals surface area contributed by atoms with Crippen molar-refractivity contribution >= 4 is 23.5 Å². The molecule has 2 aliphatic rings. The van der Waals surface area contributed by atoms with Gasteiger partial charge in [0, 0.05) is 0 Å². The maximum absolute atomic E-state index is 12.4. The van der Waals surface area contributed by atoms with E-state index in [2.05, 4.69) is 0 Å². The summed E-state index contributed by atoms with van der Waals surface area (Å²) in [5.41, 5.74) is 0.144. The standard InChI is InChI=1S/C15H13NO4/c17-13-9-5-1-2-6-10(9)14(18)16(13)12-8-4-3-7-11(12)15(19)20/h1-4,7-10H,5-6H2,(H,19,20)/t9-,10-/m0/s1. The third kappa shape index (κ3) is 1.74. The number of para-hydroxylation sites is 1. The van der Waals surface area contributed by atoms with Gasteiger partial charge in [0.05, 0.1) is 23.1 Å². The van der Waals surface area contributed by atoms with Gasteiger partial charge in [0.1, 0.15) is 0 Å². The molecule has 20 heavy (non-hydrogen) atoms. The minimum Gasteiger partial charge on any atom is -0.478 e. The Bertz CT molecular complexity index is 609. The number of carbonyl (C=O) groups is 3. The van der Waals surface area contributed by atoms with Crippen LogP contribution in [0.2, 0.25) is 0 Å². The molecule has 0 aromatic heterocycles. The fraction of sp³-hybridized carbons (Fsp3) is 0.267. The Labute approximate surface area is 115 Å². The number of hydrogen-bond donors (Lipinski definition) is 1. The van der Waals surface area contributed by atoms with E-state index in [9.17, 15) is 19.5 Å². The largest absolute Gasteiger partial charge is 0.478 e. The summed E-state index contributed by atoms with van der Waals surface area (Å²) in [5, 5.41) is 9.20. The molecule has 3 rings (SSSR count). The van der Waals surface area contributed by atoms with Crippen molar-refractivity contribution in [1.82, 2.24) is 0 Å². The molecule has 5 nitrogen and oxygen atoms in total. The molecule has 0 radical (unpaired) electrons. The van der Waals surface area contributed by atoms with Crippen molar-refractivity contribution in [2.45, 2.75) is 12.8 Å². The van der Waals surface area contributed by atoms with Crippen LogP contribution in [0.15, 0.2) is 36.4 Å². The zero-order chi connectivity index (χ0) is 14.3. The van der Waals surface area contributed by atoms with Gasteiger partial charge in [-0.15, -0.1) is 0 Å². The number of anilines is 1. The van der Waals surface area contributed by atoms with Gasteiger partial charge in [-0.25, -0.2) is 9.69 Å². The summed E-state index contributed by atoms with van der Waals surface area (Å²) in [6.45, 7) is 0. The number of nitrogens with zero attached hydrogens (tertiary/aromatic N) is 1. The lowest BCUT2D eigenvalue weighted by Crippen LogP contribution is -2.32. The second-order valence-corrected chi connectivity index (χ2v) is 4.99. The summed E-state index contributed by atoms with van der Waals surface area (Å²) < 4.78 is 0. The van der Waals surface area contributed by atoms with Crippen molar-refractivity contribution in [2.75, 3.05) is 4.90 Å². The average molecular weight is 271 g/mol. The smallest absolute Gasteiger partial charge is 0.337 e. The van der Waals surface area contributed by atoms with E-state index in [1.807, 2.05) is 12.2 Å². The van der Waals surface area contributed by atoms with E-state index >= 15 is 0 Å². The van der Waals surface area contributed by atoms with Gasteiger partial charge in [0.15, 0.2) is 0 Å². The van der Waals surface area contributed by atoms with Crippen molar-refractivity contribution in [2.24, 2.45) is 11.8 Å². The molecule has 1 fully saturated rings. The van der Waals surface area contributed by atoms with Crippen LogP contribution in [0.3, 0.4) is 0 Å². The number of allylic oxidation sites excluding steroid dienone is 2. The highest BCUT2D eigenvalue weighted by Crippen LogP contribution is 2.38. The molecule has 2 amide bonds. The SMILES string of the molecule is O=C(O)c1ccccc1N1C(=O)[C@H]2CC=CC[C@@H]2C1=O. The van der Waals surface area contributed by atoms with E-state index in [1.54, 1.807) is 12.1 Å². The number of carbonyl (C=O) groups excluding carboxylic acids is 2. The molecule has 1 heterocycles. The number of imide groups is 1. The first-order chi connectivity index (χ1) is 9.61. The quantitative estimate of drug-likeness (QED) is 0.658. The van der Waals surface area contributed by atoms with Gasteiger partial charge in [-0.2, -0.15) is 0 Å². The Hall–Kier alpha value is -2.43. The zero-order valence-corrected chi connectivity index (χ0v) is 10.7. The topological polar surface area (TPSA) is 74.7 Å². The highest BCUT2D eigenvalue weighted by Gasteiger charge is 2.48. The van der Waals surface area contributed by atoms with E-state index in [4.69, 9.17) is 0 Å². The molecule has 1 N–H and O–H groups in total. The maximum Gasteiger partial charge on any atom is 0.337 e. The van der Waals surface area contributed by atoms with Crippen LogP contribution in [-0.2, 0) is 9.59 Å². The molecule has 1 saturated heterocycles. The first-order valence-corrected chi connectivity index (χ1v) is 6.46. The van der Waals surface area contributed by atoms with Gasteiger partial charge in [0.25, 0.3) is 0 Å². The van der Waals surface area contributed by atoms with Gasteiger partial charge < -0.3 is 5.11 Å². The molecule has 1 aromatic rings. The van der Waals surface area contributed by atoms with Crippen LogP contribution >= 0.6 is 0 Å². The second kappa shape index (κ2) is 4.59.